The van der Waals surface area contributed by atoms with Gasteiger partial charge in [0.2, 0.25) is 0 Å². The highest BCUT2D eigenvalue weighted by Gasteiger charge is 2.42. The van der Waals surface area contributed by atoms with Gasteiger partial charge in [0.05, 0.1) is 31.6 Å². The standard InChI is InChI=1S/C25H24N4OS3/c1-15-26-18-14-16(12-13-20(18)31-15)27-25-29(17-8-4-3-5-9-17)23(30)22(33-25)24-28(2)19-10-6-7-11-21(19)32-24/h6-7,10-14,17H,3-5,8-9H2,1-2H3. The van der Waals surface area contributed by atoms with Gasteiger partial charge >= 0.3 is 0 Å². The molecule has 3 aromatic rings. The first-order chi connectivity index (χ1) is 16.1. The molecule has 33 heavy (non-hydrogen) atoms. The average molecular weight is 493 g/mol. The van der Waals surface area contributed by atoms with Crippen LogP contribution in [0.1, 0.15) is 37.1 Å². The Kier molecular flexibility index (Phi) is 5.47. The molecule has 3 aliphatic rings. The van der Waals surface area contributed by atoms with Crippen LogP contribution < -0.4 is 4.90 Å². The Morgan fingerprint density at radius 1 is 1.06 bits per heavy atom. The van der Waals surface area contributed by atoms with Crippen LogP contribution in [-0.2, 0) is 4.79 Å². The van der Waals surface area contributed by atoms with Crippen LogP contribution in [0.25, 0.3) is 10.2 Å². The molecular weight excluding hydrogens is 469 g/mol. The fourth-order valence-corrected chi connectivity index (χ4v) is 7.98. The molecule has 2 aliphatic heterocycles. The average Bonchev–Trinajstić information content (AvgIpc) is 3.46. The lowest BCUT2D eigenvalue weighted by atomic mass is 9.94. The van der Waals surface area contributed by atoms with Gasteiger partial charge in [-0.25, -0.2) is 9.98 Å². The number of para-hydroxylation sites is 1. The number of aromatic nitrogens is 1. The van der Waals surface area contributed by atoms with Crippen molar-refractivity contribution in [1.82, 2.24) is 9.88 Å². The second-order valence-corrected chi connectivity index (χ2v) is 11.9. The molecule has 3 heterocycles. The zero-order valence-electron chi connectivity index (χ0n) is 18.6. The first kappa shape index (κ1) is 21.3. The number of anilines is 1. The van der Waals surface area contributed by atoms with Crippen LogP contribution in [0.4, 0.5) is 11.4 Å². The molecule has 168 valence electrons. The third-order valence-corrected chi connectivity index (χ3v) is 9.75. The summed E-state index contributed by atoms with van der Waals surface area (Å²) in [5, 5.41) is 2.85. The first-order valence-corrected chi connectivity index (χ1v) is 13.8. The number of carbonyl (C=O) groups excluding carboxylic acids is 1. The van der Waals surface area contributed by atoms with E-state index in [1.54, 1.807) is 23.1 Å². The van der Waals surface area contributed by atoms with Gasteiger partial charge in [-0.05, 0) is 61.9 Å². The summed E-state index contributed by atoms with van der Waals surface area (Å²) >= 11 is 4.90. The zero-order chi connectivity index (χ0) is 22.5. The lowest BCUT2D eigenvalue weighted by Gasteiger charge is -2.30. The summed E-state index contributed by atoms with van der Waals surface area (Å²) in [6.45, 7) is 2.03. The molecule has 1 amide bonds. The Labute approximate surface area is 206 Å². The Morgan fingerprint density at radius 3 is 2.70 bits per heavy atom. The number of nitrogens with zero attached hydrogens (tertiary/aromatic N) is 4. The number of benzene rings is 2. The summed E-state index contributed by atoms with van der Waals surface area (Å²) in [5.74, 6) is 0.0957. The van der Waals surface area contributed by atoms with Crippen molar-refractivity contribution in [2.75, 3.05) is 11.9 Å². The number of thioether (sulfide) groups is 2. The molecule has 8 heteroatoms. The van der Waals surface area contributed by atoms with Crippen molar-refractivity contribution in [2.45, 2.75) is 50.0 Å². The van der Waals surface area contributed by atoms with Gasteiger partial charge in [-0.3, -0.25) is 9.69 Å². The fourth-order valence-electron chi connectivity index (χ4n) is 4.77. The molecule has 1 aliphatic carbocycles. The lowest BCUT2D eigenvalue weighted by Crippen LogP contribution is -2.40. The van der Waals surface area contributed by atoms with E-state index in [0.717, 1.165) is 49.8 Å². The monoisotopic (exact) mass is 492 g/mol. The van der Waals surface area contributed by atoms with Crippen LogP contribution in [0, 0.1) is 6.92 Å². The molecule has 2 aromatic carbocycles. The molecule has 1 saturated heterocycles. The summed E-state index contributed by atoms with van der Waals surface area (Å²) in [5.41, 5.74) is 2.97. The number of hydrogen-bond donors (Lipinski definition) is 0. The second kappa shape index (κ2) is 8.49. The molecule has 0 radical (unpaired) electrons. The molecule has 1 saturated carbocycles. The van der Waals surface area contributed by atoms with Gasteiger partial charge in [-0.15, -0.1) is 11.3 Å². The van der Waals surface area contributed by atoms with E-state index in [9.17, 15) is 4.79 Å². The minimum Gasteiger partial charge on any atom is -0.337 e. The van der Waals surface area contributed by atoms with E-state index >= 15 is 0 Å². The van der Waals surface area contributed by atoms with Gasteiger partial charge in [0.15, 0.2) is 5.17 Å². The number of aliphatic imine (C=N–C) groups is 1. The van der Waals surface area contributed by atoms with Crippen LogP contribution in [0.15, 0.2) is 62.3 Å². The fraction of sp³-hybridized carbons (Fsp3) is 0.320. The quantitative estimate of drug-likeness (QED) is 0.364. The Hall–Kier alpha value is -2.29. The van der Waals surface area contributed by atoms with Crippen LogP contribution in [0.5, 0.6) is 0 Å². The maximum atomic E-state index is 13.8. The minimum atomic E-state index is 0.0957. The maximum absolute atomic E-state index is 13.8. The van der Waals surface area contributed by atoms with Gasteiger partial charge in [0.25, 0.3) is 5.91 Å². The Bertz CT molecular complexity index is 1320. The minimum absolute atomic E-state index is 0.0957. The summed E-state index contributed by atoms with van der Waals surface area (Å²) < 4.78 is 1.17. The first-order valence-electron chi connectivity index (χ1n) is 11.3. The third-order valence-electron chi connectivity index (χ3n) is 6.39. The topological polar surface area (TPSA) is 48.8 Å². The molecular formula is C25H24N4OS3. The van der Waals surface area contributed by atoms with Gasteiger partial charge < -0.3 is 4.90 Å². The van der Waals surface area contributed by atoms with Crippen LogP contribution in [-0.4, -0.2) is 34.0 Å². The van der Waals surface area contributed by atoms with E-state index in [0.29, 0.717) is 0 Å². The van der Waals surface area contributed by atoms with E-state index in [-0.39, 0.29) is 11.9 Å². The van der Waals surface area contributed by atoms with Gasteiger partial charge in [0, 0.05) is 18.0 Å². The smallest absolute Gasteiger partial charge is 0.269 e. The van der Waals surface area contributed by atoms with Crippen LogP contribution in [0.2, 0.25) is 0 Å². The lowest BCUT2D eigenvalue weighted by molar-refractivity contribution is -0.124. The predicted molar refractivity (Wildman–Crippen MR) is 140 cm³/mol. The van der Waals surface area contributed by atoms with Gasteiger partial charge in [-0.1, -0.05) is 43.2 Å². The highest BCUT2D eigenvalue weighted by Crippen LogP contribution is 2.50. The number of carbonyl (C=O) groups is 1. The van der Waals surface area contributed by atoms with Gasteiger partial charge in [-0.2, -0.15) is 0 Å². The van der Waals surface area contributed by atoms with E-state index in [2.05, 4.69) is 34.1 Å². The SMILES string of the molecule is Cc1nc2cc(N=C3SC(=C4Sc5ccccc5N4C)C(=O)N3C3CCCCC3)ccc2s1. The molecule has 0 N–H and O–H groups in total. The molecule has 6 rings (SSSR count). The van der Waals surface area contributed by atoms with E-state index in [1.165, 1.54) is 40.6 Å². The predicted octanol–water partition coefficient (Wildman–Crippen LogP) is 6.91. The number of amidine groups is 1. The molecule has 2 fully saturated rings. The third kappa shape index (κ3) is 3.78. The van der Waals surface area contributed by atoms with E-state index < -0.39 is 0 Å². The maximum Gasteiger partial charge on any atom is 0.269 e. The highest BCUT2D eigenvalue weighted by molar-refractivity contribution is 8.19. The molecule has 5 nitrogen and oxygen atoms in total. The summed E-state index contributed by atoms with van der Waals surface area (Å²) in [6, 6.07) is 14.7. The molecule has 0 spiro atoms. The van der Waals surface area contributed by atoms with Crippen molar-refractivity contribution in [3.8, 4) is 0 Å². The summed E-state index contributed by atoms with van der Waals surface area (Å²) in [4.78, 5) is 29.6. The number of hydrogen-bond acceptors (Lipinski definition) is 7. The largest absolute Gasteiger partial charge is 0.337 e. The van der Waals surface area contributed by atoms with Crippen molar-refractivity contribution in [3.05, 3.63) is 57.4 Å². The Morgan fingerprint density at radius 2 is 1.88 bits per heavy atom. The molecule has 0 unspecified atom stereocenters. The van der Waals surface area contributed by atoms with Crippen molar-refractivity contribution in [1.29, 1.82) is 0 Å². The molecule has 0 bridgehead atoms. The summed E-state index contributed by atoms with van der Waals surface area (Å²) in [7, 11) is 2.05. The summed E-state index contributed by atoms with van der Waals surface area (Å²) in [6.07, 6.45) is 5.67. The number of thiazole rings is 1. The number of rotatable bonds is 2. The molecule has 0 atom stereocenters. The normalized spacial score (nSPS) is 22.7. The van der Waals surface area contributed by atoms with Crippen molar-refractivity contribution < 1.29 is 4.79 Å². The van der Waals surface area contributed by atoms with Crippen molar-refractivity contribution in [3.63, 3.8) is 0 Å². The number of amides is 1. The van der Waals surface area contributed by atoms with Crippen molar-refractivity contribution in [2.24, 2.45) is 4.99 Å². The number of aryl methyl sites for hydroxylation is 1. The van der Waals surface area contributed by atoms with E-state index in [4.69, 9.17) is 4.99 Å². The highest BCUT2D eigenvalue weighted by atomic mass is 32.2. The Balaban J connectivity index is 1.42. The van der Waals surface area contributed by atoms with E-state index in [1.807, 2.05) is 37.1 Å². The number of fused-ring (bicyclic) bond motifs is 2. The van der Waals surface area contributed by atoms with Gasteiger partial charge in [0.1, 0.15) is 4.91 Å². The second-order valence-electron chi connectivity index (χ2n) is 8.61. The van der Waals surface area contributed by atoms with Crippen LogP contribution in [0.3, 0.4) is 0 Å². The van der Waals surface area contributed by atoms with Crippen LogP contribution >= 0.6 is 34.9 Å². The molecule has 1 aromatic heterocycles. The zero-order valence-corrected chi connectivity index (χ0v) is 21.0. The van der Waals surface area contributed by atoms with Crippen molar-refractivity contribution >= 4 is 67.5 Å².